The highest BCUT2D eigenvalue weighted by Gasteiger charge is 2.26. The molecule has 0 saturated carbocycles. The van der Waals surface area contributed by atoms with Crippen LogP contribution in [0.15, 0.2) is 72.8 Å². The Morgan fingerprint density at radius 1 is 1.00 bits per heavy atom. The maximum atomic E-state index is 13.0. The molecule has 1 aliphatic heterocycles. The van der Waals surface area contributed by atoms with Gasteiger partial charge in [0.05, 0.1) is 23.6 Å². The van der Waals surface area contributed by atoms with E-state index < -0.39 is 5.97 Å². The van der Waals surface area contributed by atoms with Gasteiger partial charge >= 0.3 is 5.97 Å². The molecular weight excluding hydrogens is 414 g/mol. The van der Waals surface area contributed by atoms with Gasteiger partial charge in [0.25, 0.3) is 0 Å². The molecule has 31 heavy (non-hydrogen) atoms. The Morgan fingerprint density at radius 2 is 1.71 bits per heavy atom. The number of nitrogens with one attached hydrogen (secondary N) is 1. The molecular formula is C24H18ClN3O3. The van der Waals surface area contributed by atoms with Crippen LogP contribution in [0.4, 0.5) is 11.5 Å². The third-order valence-corrected chi connectivity index (χ3v) is 5.34. The van der Waals surface area contributed by atoms with Crippen LogP contribution in [0.5, 0.6) is 5.75 Å². The number of ether oxygens (including phenoxy) is 2. The highest BCUT2D eigenvalue weighted by molar-refractivity contribution is 6.30. The highest BCUT2D eigenvalue weighted by Crippen LogP contribution is 2.33. The predicted molar refractivity (Wildman–Crippen MR) is 119 cm³/mol. The Hall–Kier alpha value is -3.64. The molecule has 0 amide bonds. The molecule has 0 fully saturated rings. The predicted octanol–water partition coefficient (Wildman–Crippen LogP) is 5.36. The number of anilines is 2. The maximum absolute atomic E-state index is 13.0. The lowest BCUT2D eigenvalue weighted by Gasteiger charge is -2.13. The molecule has 6 nitrogen and oxygen atoms in total. The van der Waals surface area contributed by atoms with Gasteiger partial charge in [0.2, 0.25) is 0 Å². The van der Waals surface area contributed by atoms with Gasteiger partial charge in [-0.15, -0.1) is 0 Å². The molecule has 2 heterocycles. The number of halogens is 1. The molecule has 154 valence electrons. The van der Waals surface area contributed by atoms with Crippen molar-refractivity contribution in [2.45, 2.75) is 5.92 Å². The zero-order chi connectivity index (χ0) is 21.2. The smallest absolute Gasteiger partial charge is 0.360 e. The molecule has 0 aliphatic carbocycles. The van der Waals surface area contributed by atoms with Crippen molar-refractivity contribution < 1.29 is 14.3 Å². The number of hydrogen-bond acceptors (Lipinski definition) is 6. The lowest BCUT2D eigenvalue weighted by atomic mass is 10.0. The van der Waals surface area contributed by atoms with Gasteiger partial charge in [-0.05, 0) is 42.5 Å². The van der Waals surface area contributed by atoms with Gasteiger partial charge < -0.3 is 14.8 Å². The molecule has 1 atom stereocenters. The van der Waals surface area contributed by atoms with E-state index in [9.17, 15) is 4.79 Å². The van der Waals surface area contributed by atoms with Crippen LogP contribution in [-0.4, -0.2) is 29.2 Å². The lowest BCUT2D eigenvalue weighted by Crippen LogP contribution is -2.17. The van der Waals surface area contributed by atoms with E-state index in [1.807, 2.05) is 48.5 Å². The van der Waals surface area contributed by atoms with E-state index in [0.717, 1.165) is 17.0 Å². The third-order valence-electron chi connectivity index (χ3n) is 5.09. The summed E-state index contributed by atoms with van der Waals surface area (Å²) < 4.78 is 11.3. The number of rotatable bonds is 5. The van der Waals surface area contributed by atoms with Crippen molar-refractivity contribution in [2.24, 2.45) is 0 Å². The molecule has 1 aromatic heterocycles. The number of carbonyl (C=O) groups is 1. The van der Waals surface area contributed by atoms with Crippen LogP contribution in [0.1, 0.15) is 22.0 Å². The van der Waals surface area contributed by atoms with E-state index in [4.69, 9.17) is 21.1 Å². The van der Waals surface area contributed by atoms with Crippen LogP contribution in [0, 0.1) is 0 Å². The second-order valence-electron chi connectivity index (χ2n) is 7.19. The third kappa shape index (κ3) is 4.02. The molecule has 7 heteroatoms. The molecule has 1 N–H and O–H groups in total. The van der Waals surface area contributed by atoms with Gasteiger partial charge in [0.1, 0.15) is 12.4 Å². The molecule has 1 unspecified atom stereocenters. The number of benzene rings is 3. The quantitative estimate of drug-likeness (QED) is 0.429. The lowest BCUT2D eigenvalue weighted by molar-refractivity contribution is 0.0465. The number of aromatic nitrogens is 2. The van der Waals surface area contributed by atoms with Gasteiger partial charge in [-0.1, -0.05) is 41.9 Å². The summed E-state index contributed by atoms with van der Waals surface area (Å²) >= 11 is 5.97. The van der Waals surface area contributed by atoms with Gasteiger partial charge in [0.15, 0.2) is 11.5 Å². The number of nitrogens with zero attached hydrogens (tertiary/aromatic N) is 2. The minimum Gasteiger partial charge on any atom is -0.493 e. The summed E-state index contributed by atoms with van der Waals surface area (Å²) in [6.45, 7) is 0.677. The van der Waals surface area contributed by atoms with Crippen molar-refractivity contribution >= 4 is 40.1 Å². The number of para-hydroxylation sites is 3. The van der Waals surface area contributed by atoms with E-state index in [2.05, 4.69) is 15.3 Å². The first-order chi connectivity index (χ1) is 15.2. The van der Waals surface area contributed by atoms with Crippen molar-refractivity contribution in [3.8, 4) is 5.75 Å². The largest absolute Gasteiger partial charge is 0.493 e. The van der Waals surface area contributed by atoms with Gasteiger partial charge in [-0.2, -0.15) is 0 Å². The Kier molecular flexibility index (Phi) is 5.14. The Morgan fingerprint density at radius 3 is 2.52 bits per heavy atom. The summed E-state index contributed by atoms with van der Waals surface area (Å²) in [6, 6.07) is 22.3. The SMILES string of the molecule is O=C(OCC1COc2ccccc21)c1nc2ccccc2nc1Nc1ccc(Cl)cc1. The molecule has 0 spiro atoms. The second kappa shape index (κ2) is 8.24. The summed E-state index contributed by atoms with van der Waals surface area (Å²) in [6.07, 6.45) is 0. The summed E-state index contributed by atoms with van der Waals surface area (Å²) in [4.78, 5) is 22.1. The van der Waals surface area contributed by atoms with Crippen molar-refractivity contribution in [1.82, 2.24) is 9.97 Å². The van der Waals surface area contributed by atoms with Crippen LogP contribution >= 0.6 is 11.6 Å². The first-order valence-corrected chi connectivity index (χ1v) is 10.2. The van der Waals surface area contributed by atoms with Crippen LogP contribution in [0.25, 0.3) is 11.0 Å². The van der Waals surface area contributed by atoms with Crippen molar-refractivity contribution in [3.05, 3.63) is 89.1 Å². The second-order valence-corrected chi connectivity index (χ2v) is 7.62. The van der Waals surface area contributed by atoms with E-state index >= 15 is 0 Å². The number of carbonyl (C=O) groups excluding carboxylic acids is 1. The molecule has 5 rings (SSSR count). The molecule has 4 aromatic rings. The van der Waals surface area contributed by atoms with Crippen molar-refractivity contribution in [2.75, 3.05) is 18.5 Å². The Labute approximate surface area is 183 Å². The average Bonchev–Trinajstić information content (AvgIpc) is 3.22. The zero-order valence-corrected chi connectivity index (χ0v) is 17.2. The average molecular weight is 432 g/mol. The van der Waals surface area contributed by atoms with Crippen molar-refractivity contribution in [1.29, 1.82) is 0 Å². The van der Waals surface area contributed by atoms with Crippen LogP contribution in [0.3, 0.4) is 0 Å². The molecule has 0 radical (unpaired) electrons. The standard InChI is InChI=1S/C24H18ClN3O3/c25-16-9-11-17(12-10-16)26-23-22(27-19-6-2-3-7-20(19)28-23)24(29)31-14-15-13-30-21-8-4-1-5-18(15)21/h1-12,15H,13-14H2,(H,26,28). The fraction of sp³-hybridized carbons (Fsp3) is 0.125. The highest BCUT2D eigenvalue weighted by atomic mass is 35.5. The summed E-state index contributed by atoms with van der Waals surface area (Å²) in [5.74, 6) is 0.605. The van der Waals surface area contributed by atoms with E-state index in [1.54, 1.807) is 24.3 Å². The minimum atomic E-state index is -0.543. The fourth-order valence-electron chi connectivity index (χ4n) is 3.51. The van der Waals surface area contributed by atoms with E-state index in [-0.39, 0.29) is 18.2 Å². The molecule has 0 bridgehead atoms. The number of esters is 1. The first kappa shape index (κ1) is 19.3. The Bertz CT molecular complexity index is 1260. The summed E-state index contributed by atoms with van der Waals surface area (Å²) in [7, 11) is 0. The molecule has 3 aromatic carbocycles. The maximum Gasteiger partial charge on any atom is 0.360 e. The summed E-state index contributed by atoms with van der Waals surface area (Å²) in [5, 5.41) is 3.78. The zero-order valence-electron chi connectivity index (χ0n) is 16.4. The van der Waals surface area contributed by atoms with Gasteiger partial charge in [-0.3, -0.25) is 0 Å². The van der Waals surface area contributed by atoms with Crippen LogP contribution in [-0.2, 0) is 4.74 Å². The van der Waals surface area contributed by atoms with Gasteiger partial charge in [-0.25, -0.2) is 14.8 Å². The van der Waals surface area contributed by atoms with Gasteiger partial charge in [0, 0.05) is 16.3 Å². The topological polar surface area (TPSA) is 73.3 Å². The first-order valence-electron chi connectivity index (χ1n) is 9.85. The number of hydrogen-bond donors (Lipinski definition) is 1. The molecule has 1 aliphatic rings. The van der Waals surface area contributed by atoms with Crippen LogP contribution < -0.4 is 10.1 Å². The molecule has 0 saturated heterocycles. The Balaban J connectivity index is 1.42. The normalized spacial score (nSPS) is 14.7. The monoisotopic (exact) mass is 431 g/mol. The minimum absolute atomic E-state index is 0.0127. The van der Waals surface area contributed by atoms with Crippen LogP contribution in [0.2, 0.25) is 5.02 Å². The fourth-order valence-corrected chi connectivity index (χ4v) is 3.64. The van der Waals surface area contributed by atoms with Crippen molar-refractivity contribution in [3.63, 3.8) is 0 Å². The van der Waals surface area contributed by atoms with E-state index in [1.165, 1.54) is 0 Å². The number of fused-ring (bicyclic) bond motifs is 2. The van der Waals surface area contributed by atoms with E-state index in [0.29, 0.717) is 28.5 Å². The summed E-state index contributed by atoms with van der Waals surface area (Å²) in [5.41, 5.74) is 3.20.